The molecule has 3 N–H and O–H groups in total. The standard InChI is InChI=1S/C20H15Cl2F3N6O2/c21-14-5-4-12(7-15(14)22)17-16(29-19(32)33)9-31(30-17)18(27-10-26)28-13-3-1-2-11(6-13)8-20(23,24)25/h1-7,16,29H,8-9H2,(H,27,28)(H,32,33). The number of aliphatic imine (C=N–C) groups is 1. The topological polar surface area (TPSA) is 113 Å². The van der Waals surface area contributed by atoms with Crippen LogP contribution in [0, 0.1) is 11.5 Å². The summed E-state index contributed by atoms with van der Waals surface area (Å²) >= 11 is 12.0. The molecule has 0 aromatic heterocycles. The maximum absolute atomic E-state index is 12.7. The summed E-state index contributed by atoms with van der Waals surface area (Å²) in [6, 6.07) is 9.34. The molecule has 0 radical (unpaired) electrons. The quantitative estimate of drug-likeness (QED) is 0.321. The van der Waals surface area contributed by atoms with Gasteiger partial charge in [0.25, 0.3) is 0 Å². The van der Waals surface area contributed by atoms with Crippen LogP contribution in [0.3, 0.4) is 0 Å². The Morgan fingerprint density at radius 3 is 2.67 bits per heavy atom. The van der Waals surface area contributed by atoms with Crippen molar-refractivity contribution in [3.05, 3.63) is 63.6 Å². The molecule has 1 amide bonds. The minimum atomic E-state index is -4.38. The lowest BCUT2D eigenvalue weighted by Gasteiger charge is -2.18. The van der Waals surface area contributed by atoms with Crippen molar-refractivity contribution in [3.63, 3.8) is 0 Å². The van der Waals surface area contributed by atoms with Crippen LogP contribution in [0.2, 0.25) is 10.0 Å². The van der Waals surface area contributed by atoms with Gasteiger partial charge in [0.2, 0.25) is 12.2 Å². The predicted octanol–water partition coefficient (Wildman–Crippen LogP) is 4.70. The van der Waals surface area contributed by atoms with E-state index in [-0.39, 0.29) is 34.5 Å². The van der Waals surface area contributed by atoms with Crippen LogP contribution in [0.15, 0.2) is 52.6 Å². The van der Waals surface area contributed by atoms with E-state index in [0.29, 0.717) is 10.6 Å². The highest BCUT2D eigenvalue weighted by Gasteiger charge is 2.32. The molecule has 172 valence electrons. The normalized spacial score (nSPS) is 16.2. The number of nitrogens with zero attached hydrogens (tertiary/aromatic N) is 4. The molecule has 0 saturated carbocycles. The number of halogens is 5. The third-order valence-corrected chi connectivity index (χ3v) is 5.15. The summed E-state index contributed by atoms with van der Waals surface area (Å²) in [6.45, 7) is -0.0440. The number of nitriles is 1. The van der Waals surface area contributed by atoms with E-state index in [1.54, 1.807) is 12.3 Å². The molecule has 33 heavy (non-hydrogen) atoms. The number of amides is 1. The molecule has 2 aromatic carbocycles. The van der Waals surface area contributed by atoms with Gasteiger partial charge in [-0.15, -0.1) is 4.99 Å². The predicted molar refractivity (Wildman–Crippen MR) is 118 cm³/mol. The van der Waals surface area contributed by atoms with Crippen LogP contribution in [0.25, 0.3) is 0 Å². The van der Waals surface area contributed by atoms with E-state index in [2.05, 4.69) is 20.7 Å². The Morgan fingerprint density at radius 2 is 2.03 bits per heavy atom. The second-order valence-corrected chi connectivity index (χ2v) is 7.67. The Balaban J connectivity index is 1.91. The first-order valence-corrected chi connectivity index (χ1v) is 10.0. The number of anilines is 1. The lowest BCUT2D eigenvalue weighted by Crippen LogP contribution is -2.43. The van der Waals surface area contributed by atoms with E-state index in [9.17, 15) is 23.1 Å². The first kappa shape index (κ1) is 24.2. The van der Waals surface area contributed by atoms with E-state index in [4.69, 9.17) is 28.5 Å². The van der Waals surface area contributed by atoms with Crippen LogP contribution in [-0.4, -0.2) is 46.6 Å². The minimum Gasteiger partial charge on any atom is -0.465 e. The number of carboxylic acid groups (broad SMARTS) is 1. The van der Waals surface area contributed by atoms with Gasteiger partial charge in [0.15, 0.2) is 0 Å². The van der Waals surface area contributed by atoms with Crippen molar-refractivity contribution in [1.29, 1.82) is 5.26 Å². The van der Waals surface area contributed by atoms with E-state index in [1.807, 2.05) is 0 Å². The zero-order valence-electron chi connectivity index (χ0n) is 16.6. The van der Waals surface area contributed by atoms with Crippen molar-refractivity contribution in [2.75, 3.05) is 11.9 Å². The third kappa shape index (κ3) is 6.50. The molecule has 1 aliphatic heterocycles. The van der Waals surface area contributed by atoms with Crippen LogP contribution >= 0.6 is 23.2 Å². The Bertz CT molecular complexity index is 1160. The van der Waals surface area contributed by atoms with E-state index >= 15 is 0 Å². The monoisotopic (exact) mass is 498 g/mol. The Morgan fingerprint density at radius 1 is 1.27 bits per heavy atom. The number of benzene rings is 2. The summed E-state index contributed by atoms with van der Waals surface area (Å²) in [5, 5.41) is 29.5. The molecule has 0 saturated heterocycles. The SMILES string of the molecule is N#C/N=C(/Nc1cccc(CC(F)(F)F)c1)N1CC(NC(=O)O)C(c2ccc(Cl)c(Cl)c2)=N1. The molecule has 1 unspecified atom stereocenters. The fraction of sp³-hybridized carbons (Fsp3) is 0.200. The number of guanidine groups is 1. The van der Waals surface area contributed by atoms with Crippen LogP contribution in [-0.2, 0) is 6.42 Å². The lowest BCUT2D eigenvalue weighted by atomic mass is 10.0. The first-order valence-electron chi connectivity index (χ1n) is 9.26. The maximum Gasteiger partial charge on any atom is 0.405 e. The second kappa shape index (κ2) is 9.97. The number of hydrogen-bond donors (Lipinski definition) is 3. The largest absolute Gasteiger partial charge is 0.465 e. The fourth-order valence-electron chi connectivity index (χ4n) is 3.13. The van der Waals surface area contributed by atoms with Gasteiger partial charge in [-0.05, 0) is 29.8 Å². The second-order valence-electron chi connectivity index (χ2n) is 6.85. The highest BCUT2D eigenvalue weighted by Crippen LogP contribution is 2.26. The Kier molecular flexibility index (Phi) is 7.30. The van der Waals surface area contributed by atoms with E-state index in [1.165, 1.54) is 41.4 Å². The number of rotatable bonds is 4. The number of nitrogens with one attached hydrogen (secondary N) is 2. The van der Waals surface area contributed by atoms with Gasteiger partial charge in [-0.1, -0.05) is 41.4 Å². The van der Waals surface area contributed by atoms with Crippen LogP contribution < -0.4 is 10.6 Å². The Hall–Kier alpha value is -3.49. The summed E-state index contributed by atoms with van der Waals surface area (Å²) in [7, 11) is 0. The van der Waals surface area contributed by atoms with Gasteiger partial charge in [-0.25, -0.2) is 9.80 Å². The summed E-state index contributed by atoms with van der Waals surface area (Å²) in [6.07, 6.45) is -5.21. The molecular formula is C20H15Cl2F3N6O2. The van der Waals surface area contributed by atoms with Gasteiger partial charge < -0.3 is 15.7 Å². The van der Waals surface area contributed by atoms with Crippen molar-refractivity contribution >= 4 is 46.7 Å². The zero-order chi connectivity index (χ0) is 24.2. The van der Waals surface area contributed by atoms with Gasteiger partial charge in [-0.3, -0.25) is 0 Å². The molecule has 0 bridgehead atoms. The molecule has 2 aromatic rings. The minimum absolute atomic E-state index is 0.00986. The molecule has 0 aliphatic carbocycles. The summed E-state index contributed by atoms with van der Waals surface area (Å²) in [5.74, 6) is -0.103. The van der Waals surface area contributed by atoms with Crippen LogP contribution in [0.5, 0.6) is 0 Å². The van der Waals surface area contributed by atoms with E-state index < -0.39 is 24.7 Å². The highest BCUT2D eigenvalue weighted by atomic mass is 35.5. The highest BCUT2D eigenvalue weighted by molar-refractivity contribution is 6.42. The fourth-order valence-corrected chi connectivity index (χ4v) is 3.43. The van der Waals surface area contributed by atoms with Crippen LogP contribution in [0.1, 0.15) is 11.1 Å². The molecular weight excluding hydrogens is 484 g/mol. The average Bonchev–Trinajstić information content (AvgIpc) is 3.12. The number of carbonyl (C=O) groups is 1. The average molecular weight is 499 g/mol. The van der Waals surface area contributed by atoms with Gasteiger partial charge >= 0.3 is 12.3 Å². The molecule has 1 heterocycles. The van der Waals surface area contributed by atoms with Gasteiger partial charge in [-0.2, -0.15) is 23.5 Å². The number of hydrazone groups is 1. The molecule has 3 rings (SSSR count). The number of alkyl halides is 3. The van der Waals surface area contributed by atoms with Crippen LogP contribution in [0.4, 0.5) is 23.7 Å². The molecule has 1 atom stereocenters. The Labute approximate surface area is 195 Å². The summed E-state index contributed by atoms with van der Waals surface area (Å²) < 4.78 is 38.2. The summed E-state index contributed by atoms with van der Waals surface area (Å²) in [5.41, 5.74) is 1.02. The van der Waals surface area contributed by atoms with Gasteiger partial charge in [0, 0.05) is 11.3 Å². The lowest BCUT2D eigenvalue weighted by molar-refractivity contribution is -0.127. The molecule has 8 nitrogen and oxygen atoms in total. The maximum atomic E-state index is 12.7. The zero-order valence-corrected chi connectivity index (χ0v) is 18.1. The van der Waals surface area contributed by atoms with Crippen molar-refractivity contribution in [2.45, 2.75) is 18.6 Å². The molecule has 13 heteroatoms. The third-order valence-electron chi connectivity index (χ3n) is 4.42. The van der Waals surface area contributed by atoms with Crippen molar-refractivity contribution in [1.82, 2.24) is 10.3 Å². The molecule has 0 fully saturated rings. The van der Waals surface area contributed by atoms with E-state index in [0.717, 1.165) is 0 Å². The van der Waals surface area contributed by atoms with Gasteiger partial charge in [0.05, 0.1) is 34.8 Å². The smallest absolute Gasteiger partial charge is 0.405 e. The molecule has 0 spiro atoms. The summed E-state index contributed by atoms with van der Waals surface area (Å²) in [4.78, 5) is 14.9. The molecule has 1 aliphatic rings. The first-order chi connectivity index (χ1) is 15.6. The van der Waals surface area contributed by atoms with Crippen molar-refractivity contribution in [2.24, 2.45) is 10.1 Å². The van der Waals surface area contributed by atoms with Crippen molar-refractivity contribution < 1.29 is 23.1 Å². The van der Waals surface area contributed by atoms with Gasteiger partial charge in [0.1, 0.15) is 0 Å². The number of hydrogen-bond acceptors (Lipinski definition) is 4. The van der Waals surface area contributed by atoms with Crippen molar-refractivity contribution in [3.8, 4) is 6.19 Å².